The fraction of sp³-hybridized carbons (Fsp3) is 0.591. The lowest BCUT2D eigenvalue weighted by molar-refractivity contribution is -0.117. The third-order valence-electron chi connectivity index (χ3n) is 3.61. The van der Waals surface area contributed by atoms with Gasteiger partial charge in [-0.15, -0.1) is 0 Å². The van der Waals surface area contributed by atoms with E-state index in [-0.39, 0.29) is 0 Å². The standard InChI is InChI=1S/C22H36O/c1-3-4-5-6-7-8-9-10-11-12-13-14-15-16-17-18-19-20-21-22(2)23/h7-8,10-11,13-14,16-17H,3-6,9,12,15,18-21H2,1-2H3. The van der Waals surface area contributed by atoms with Gasteiger partial charge >= 0.3 is 0 Å². The van der Waals surface area contributed by atoms with Crippen molar-refractivity contribution in [1.29, 1.82) is 0 Å². The van der Waals surface area contributed by atoms with E-state index in [1.54, 1.807) is 6.92 Å². The Morgan fingerprint density at radius 3 is 1.52 bits per heavy atom. The number of ketones is 1. The third kappa shape index (κ3) is 20.6. The van der Waals surface area contributed by atoms with Crippen molar-refractivity contribution in [2.45, 2.75) is 84.5 Å². The first-order valence-corrected chi connectivity index (χ1v) is 9.36. The second-order valence-corrected chi connectivity index (χ2v) is 6.04. The average Bonchev–Trinajstić information content (AvgIpc) is 2.53. The van der Waals surface area contributed by atoms with E-state index in [2.05, 4.69) is 55.5 Å². The molecule has 0 saturated heterocycles. The third-order valence-corrected chi connectivity index (χ3v) is 3.61. The minimum Gasteiger partial charge on any atom is -0.300 e. The van der Waals surface area contributed by atoms with Crippen molar-refractivity contribution in [3.05, 3.63) is 48.6 Å². The van der Waals surface area contributed by atoms with E-state index in [0.29, 0.717) is 5.78 Å². The molecule has 0 bridgehead atoms. The first-order chi connectivity index (χ1) is 11.3. The van der Waals surface area contributed by atoms with Crippen molar-refractivity contribution < 1.29 is 4.79 Å². The van der Waals surface area contributed by atoms with Crippen LogP contribution >= 0.6 is 0 Å². The normalized spacial score (nSPS) is 12.4. The Hall–Kier alpha value is -1.37. The highest BCUT2D eigenvalue weighted by Crippen LogP contribution is 2.02. The lowest BCUT2D eigenvalue weighted by Crippen LogP contribution is -1.88. The van der Waals surface area contributed by atoms with Gasteiger partial charge in [-0.2, -0.15) is 0 Å². The molecule has 0 aliphatic carbocycles. The summed E-state index contributed by atoms with van der Waals surface area (Å²) in [7, 11) is 0. The molecule has 0 amide bonds. The number of carbonyl (C=O) groups is 1. The van der Waals surface area contributed by atoms with Crippen LogP contribution in [0.1, 0.15) is 84.5 Å². The molecule has 0 aliphatic heterocycles. The molecule has 0 aliphatic rings. The van der Waals surface area contributed by atoms with Crippen molar-refractivity contribution in [2.75, 3.05) is 0 Å². The van der Waals surface area contributed by atoms with Crippen LogP contribution in [0.5, 0.6) is 0 Å². The molecule has 130 valence electrons. The molecule has 0 N–H and O–H groups in total. The Labute approximate surface area is 144 Å². The molecule has 0 aromatic heterocycles. The summed E-state index contributed by atoms with van der Waals surface area (Å²) in [4.78, 5) is 10.8. The highest BCUT2D eigenvalue weighted by atomic mass is 16.1. The number of hydrogen-bond acceptors (Lipinski definition) is 1. The van der Waals surface area contributed by atoms with Gasteiger partial charge in [0.25, 0.3) is 0 Å². The number of Topliss-reactive ketones (excluding diaryl/α,β-unsaturated/α-hetero) is 1. The second kappa shape index (κ2) is 18.7. The molecule has 1 heteroatoms. The molecule has 0 aromatic rings. The van der Waals surface area contributed by atoms with Crippen molar-refractivity contribution in [3.8, 4) is 0 Å². The van der Waals surface area contributed by atoms with Crippen LogP contribution in [-0.4, -0.2) is 5.78 Å². The van der Waals surface area contributed by atoms with Gasteiger partial charge < -0.3 is 4.79 Å². The van der Waals surface area contributed by atoms with Gasteiger partial charge in [-0.1, -0.05) is 68.4 Å². The first kappa shape index (κ1) is 21.6. The van der Waals surface area contributed by atoms with Gasteiger partial charge in [0.05, 0.1) is 0 Å². The highest BCUT2D eigenvalue weighted by molar-refractivity contribution is 5.75. The van der Waals surface area contributed by atoms with E-state index >= 15 is 0 Å². The summed E-state index contributed by atoms with van der Waals surface area (Å²) in [5.74, 6) is 0.303. The molecule has 23 heavy (non-hydrogen) atoms. The average molecular weight is 317 g/mol. The smallest absolute Gasteiger partial charge is 0.129 e. The van der Waals surface area contributed by atoms with E-state index in [1.807, 2.05) is 0 Å². The quantitative estimate of drug-likeness (QED) is 0.232. The molecule has 0 rings (SSSR count). The van der Waals surface area contributed by atoms with Crippen LogP contribution in [0.4, 0.5) is 0 Å². The van der Waals surface area contributed by atoms with Crippen molar-refractivity contribution in [2.24, 2.45) is 0 Å². The van der Waals surface area contributed by atoms with Crippen molar-refractivity contribution in [1.82, 2.24) is 0 Å². The molecule has 0 radical (unpaired) electrons. The SMILES string of the molecule is CCCCCC=CCC=CCC=CCC=CCCCCC(C)=O. The number of rotatable bonds is 15. The van der Waals surface area contributed by atoms with Crippen molar-refractivity contribution >= 4 is 5.78 Å². The van der Waals surface area contributed by atoms with Crippen LogP contribution < -0.4 is 0 Å². The summed E-state index contributed by atoms with van der Waals surface area (Å²) < 4.78 is 0. The van der Waals surface area contributed by atoms with Gasteiger partial charge in [0, 0.05) is 6.42 Å². The fourth-order valence-electron chi connectivity index (χ4n) is 2.20. The summed E-state index contributed by atoms with van der Waals surface area (Å²) in [5.41, 5.74) is 0. The molecule has 0 atom stereocenters. The number of carbonyl (C=O) groups excluding carboxylic acids is 1. The number of unbranched alkanes of at least 4 members (excludes halogenated alkanes) is 5. The maximum Gasteiger partial charge on any atom is 0.129 e. The van der Waals surface area contributed by atoms with E-state index in [1.165, 1.54) is 25.7 Å². The van der Waals surface area contributed by atoms with E-state index in [0.717, 1.165) is 44.9 Å². The lowest BCUT2D eigenvalue weighted by atomic mass is 10.1. The maximum absolute atomic E-state index is 10.8. The van der Waals surface area contributed by atoms with Crippen LogP contribution in [-0.2, 0) is 4.79 Å². The molecule has 1 nitrogen and oxygen atoms in total. The van der Waals surface area contributed by atoms with Gasteiger partial charge in [0.1, 0.15) is 5.78 Å². The molecule has 0 heterocycles. The summed E-state index contributed by atoms with van der Waals surface area (Å²) in [5, 5.41) is 0. The topological polar surface area (TPSA) is 17.1 Å². The van der Waals surface area contributed by atoms with Gasteiger partial charge in [0.15, 0.2) is 0 Å². The first-order valence-electron chi connectivity index (χ1n) is 9.36. The Kier molecular flexibility index (Phi) is 17.6. The van der Waals surface area contributed by atoms with E-state index in [4.69, 9.17) is 0 Å². The zero-order chi connectivity index (χ0) is 17.0. The summed E-state index contributed by atoms with van der Waals surface area (Å²) in [6.45, 7) is 3.91. The molecule has 0 saturated carbocycles. The van der Waals surface area contributed by atoms with Gasteiger partial charge in [-0.25, -0.2) is 0 Å². The molecule has 0 spiro atoms. The zero-order valence-electron chi connectivity index (χ0n) is 15.3. The predicted molar refractivity (Wildman–Crippen MR) is 104 cm³/mol. The van der Waals surface area contributed by atoms with Crippen LogP contribution in [0, 0.1) is 0 Å². The number of allylic oxidation sites excluding steroid dienone is 8. The molecule has 0 unspecified atom stereocenters. The van der Waals surface area contributed by atoms with Gasteiger partial charge in [-0.05, 0) is 58.3 Å². The van der Waals surface area contributed by atoms with Crippen LogP contribution in [0.15, 0.2) is 48.6 Å². The van der Waals surface area contributed by atoms with Gasteiger partial charge in [-0.3, -0.25) is 0 Å². The Morgan fingerprint density at radius 1 is 0.652 bits per heavy atom. The second-order valence-electron chi connectivity index (χ2n) is 6.04. The summed E-state index contributed by atoms with van der Waals surface area (Å²) in [6, 6.07) is 0. The fourth-order valence-corrected chi connectivity index (χ4v) is 2.20. The molecule has 0 fully saturated rings. The summed E-state index contributed by atoms with van der Waals surface area (Å²) in [6.07, 6.45) is 30.2. The zero-order valence-corrected chi connectivity index (χ0v) is 15.3. The minimum atomic E-state index is 0.303. The Bertz CT molecular complexity index is 371. The van der Waals surface area contributed by atoms with Crippen molar-refractivity contribution in [3.63, 3.8) is 0 Å². The van der Waals surface area contributed by atoms with Crippen LogP contribution in [0.3, 0.4) is 0 Å². The van der Waals surface area contributed by atoms with Gasteiger partial charge in [0.2, 0.25) is 0 Å². The number of hydrogen-bond donors (Lipinski definition) is 0. The Morgan fingerprint density at radius 2 is 1.09 bits per heavy atom. The molecular weight excluding hydrogens is 280 g/mol. The van der Waals surface area contributed by atoms with Crippen LogP contribution in [0.2, 0.25) is 0 Å². The summed E-state index contributed by atoms with van der Waals surface area (Å²) >= 11 is 0. The highest BCUT2D eigenvalue weighted by Gasteiger charge is 1.91. The molecular formula is C22H36O. The maximum atomic E-state index is 10.8. The molecule has 0 aromatic carbocycles. The predicted octanol–water partition coefficient (Wildman–Crippen LogP) is 7.11. The van der Waals surface area contributed by atoms with E-state index < -0.39 is 0 Å². The van der Waals surface area contributed by atoms with E-state index in [9.17, 15) is 4.79 Å². The van der Waals surface area contributed by atoms with Crippen LogP contribution in [0.25, 0.3) is 0 Å². The minimum absolute atomic E-state index is 0.303. The monoisotopic (exact) mass is 316 g/mol. The lowest BCUT2D eigenvalue weighted by Gasteiger charge is -1.93. The largest absolute Gasteiger partial charge is 0.300 e. The Balaban J connectivity index is 3.39.